The minimum atomic E-state index is -3.86. The second kappa shape index (κ2) is 18.3. The molecule has 0 aliphatic rings. The van der Waals surface area contributed by atoms with Crippen LogP contribution >= 0.6 is 19.2 Å². The summed E-state index contributed by atoms with van der Waals surface area (Å²) in [5, 5.41) is 10.3. The molecule has 0 saturated carbocycles. The first-order chi connectivity index (χ1) is 24.5. The van der Waals surface area contributed by atoms with E-state index >= 15 is 0 Å². The summed E-state index contributed by atoms with van der Waals surface area (Å²) in [6.07, 6.45) is 3.76. The van der Waals surface area contributed by atoms with Crippen LogP contribution in [0.15, 0.2) is 48.9 Å². The molecule has 17 heteroatoms. The predicted octanol–water partition coefficient (Wildman–Crippen LogP) is 8.00. The first kappa shape index (κ1) is 41.0. The minimum absolute atomic E-state index is 0.0237. The molecule has 0 saturated heterocycles. The Labute approximate surface area is 306 Å². The molecule has 1 amide bonds. The van der Waals surface area contributed by atoms with Gasteiger partial charge in [-0.15, -0.1) is 11.3 Å². The smallest absolute Gasteiger partial charge is 0.475 e. The zero-order valence-corrected chi connectivity index (χ0v) is 32.2. The molecule has 4 aromatic rings. The Bertz CT molecular complexity index is 1820. The van der Waals surface area contributed by atoms with Crippen LogP contribution in [0.4, 0.5) is 25.4 Å². The number of benzene rings is 2. The van der Waals surface area contributed by atoms with Gasteiger partial charge in [-0.25, -0.2) is 23.9 Å². The van der Waals surface area contributed by atoms with Gasteiger partial charge in [-0.3, -0.25) is 22.8 Å². The average Bonchev–Trinajstić information content (AvgIpc) is 3.47. The number of thiazole rings is 1. The van der Waals surface area contributed by atoms with Gasteiger partial charge in [0.2, 0.25) is 5.91 Å². The third-order valence-electron chi connectivity index (χ3n) is 6.88. The molecule has 0 spiro atoms. The van der Waals surface area contributed by atoms with Crippen molar-refractivity contribution in [2.75, 3.05) is 44.2 Å². The number of halogens is 2. The number of nitrogens with zero attached hydrogens (tertiary/aromatic N) is 3. The number of nitrogens with one attached hydrogen (secondary N) is 3. The standard InChI is InChI=1S/C35H47F2N6O7PS/c1-34(2,3)49-51(45,50-35(4,5)6)48-16-14-38-24(11-13-36)12-15-47-30-20-28-27(19-29(30)46-7)32(41-22-40-28)43-33-39-21-26(52-33)18-31(44)42-25-10-8-9-23(37)17-25/h8-10,17,19-22,24,38H,11-16,18H2,1-7H3,(H,42,44)(H,39,40,41,43). The van der Waals surface area contributed by atoms with Crippen molar-refractivity contribution in [3.8, 4) is 11.5 Å². The number of methoxy groups -OCH3 is 1. The fourth-order valence-electron chi connectivity index (χ4n) is 4.87. The molecule has 2 aromatic carbocycles. The molecule has 3 N–H and O–H groups in total. The fourth-order valence-corrected chi connectivity index (χ4v) is 7.48. The Hall–Kier alpha value is -3.79. The molecule has 0 bridgehead atoms. The number of rotatable bonds is 19. The number of carbonyl (C=O) groups is 1. The minimum Gasteiger partial charge on any atom is -0.493 e. The van der Waals surface area contributed by atoms with Gasteiger partial charge in [0.15, 0.2) is 16.6 Å². The van der Waals surface area contributed by atoms with E-state index in [-0.39, 0.29) is 44.5 Å². The summed E-state index contributed by atoms with van der Waals surface area (Å²) in [7, 11) is -2.34. The summed E-state index contributed by atoms with van der Waals surface area (Å²) in [5.74, 6) is 0.622. The lowest BCUT2D eigenvalue weighted by Crippen LogP contribution is -2.34. The molecule has 52 heavy (non-hydrogen) atoms. The lowest BCUT2D eigenvalue weighted by atomic mass is 10.1. The third-order valence-corrected chi connectivity index (χ3v) is 9.83. The Morgan fingerprint density at radius 1 is 0.981 bits per heavy atom. The molecule has 0 fully saturated rings. The average molecular weight is 765 g/mol. The molecule has 284 valence electrons. The van der Waals surface area contributed by atoms with E-state index in [1.54, 1.807) is 65.9 Å². The van der Waals surface area contributed by atoms with E-state index in [4.69, 9.17) is 23.0 Å². The van der Waals surface area contributed by atoms with Crippen LogP contribution in [-0.4, -0.2) is 71.6 Å². The molecule has 0 aliphatic carbocycles. The lowest BCUT2D eigenvalue weighted by molar-refractivity contribution is -0.115. The Morgan fingerprint density at radius 2 is 1.73 bits per heavy atom. The third kappa shape index (κ3) is 13.3. The van der Waals surface area contributed by atoms with Crippen molar-refractivity contribution >= 4 is 52.6 Å². The summed E-state index contributed by atoms with van der Waals surface area (Å²) in [6, 6.07) is 8.92. The highest BCUT2D eigenvalue weighted by molar-refractivity contribution is 7.48. The molecular weight excluding hydrogens is 717 g/mol. The van der Waals surface area contributed by atoms with Crippen LogP contribution in [0.25, 0.3) is 10.9 Å². The van der Waals surface area contributed by atoms with Gasteiger partial charge in [-0.1, -0.05) is 6.07 Å². The quantitative estimate of drug-likeness (QED) is 0.0626. The highest BCUT2D eigenvalue weighted by atomic mass is 32.1. The summed E-state index contributed by atoms with van der Waals surface area (Å²) >= 11 is 1.28. The number of fused-ring (bicyclic) bond motifs is 1. The Morgan fingerprint density at radius 3 is 2.40 bits per heavy atom. The van der Waals surface area contributed by atoms with Crippen LogP contribution in [0.3, 0.4) is 0 Å². The van der Waals surface area contributed by atoms with Crippen LogP contribution in [0.5, 0.6) is 11.5 Å². The number of carbonyl (C=O) groups excluding carboxylic acids is 1. The first-order valence-corrected chi connectivity index (χ1v) is 19.0. The zero-order valence-electron chi connectivity index (χ0n) is 30.5. The fraction of sp³-hybridized carbons (Fsp3) is 0.486. The van der Waals surface area contributed by atoms with Crippen molar-refractivity contribution in [3.63, 3.8) is 0 Å². The number of hydrogen-bond donors (Lipinski definition) is 3. The van der Waals surface area contributed by atoms with E-state index in [9.17, 15) is 18.1 Å². The van der Waals surface area contributed by atoms with Gasteiger partial charge in [0, 0.05) is 40.8 Å². The molecule has 4 rings (SSSR count). The van der Waals surface area contributed by atoms with Gasteiger partial charge in [-0.05, 0) is 78.6 Å². The molecule has 0 aliphatic heterocycles. The Kier molecular flexibility index (Phi) is 14.4. The highest BCUT2D eigenvalue weighted by Crippen LogP contribution is 2.55. The summed E-state index contributed by atoms with van der Waals surface area (Å²) in [6.45, 7) is 10.6. The number of anilines is 3. The maximum atomic E-state index is 13.5. The normalized spacial score (nSPS) is 12.9. The summed E-state index contributed by atoms with van der Waals surface area (Å²) in [4.78, 5) is 26.3. The van der Waals surface area contributed by atoms with Gasteiger partial charge in [0.05, 0.1) is 50.1 Å². The summed E-state index contributed by atoms with van der Waals surface area (Å²) in [5.41, 5.74) is -0.556. The van der Waals surface area contributed by atoms with Gasteiger partial charge in [-0.2, -0.15) is 0 Å². The van der Waals surface area contributed by atoms with Gasteiger partial charge in [0.25, 0.3) is 0 Å². The number of alkyl halides is 1. The van der Waals surface area contributed by atoms with Gasteiger partial charge in [0.1, 0.15) is 18.0 Å². The van der Waals surface area contributed by atoms with Crippen molar-refractivity contribution in [1.29, 1.82) is 0 Å². The molecular formula is C35H47F2N6O7PS. The van der Waals surface area contributed by atoms with Crippen LogP contribution in [0.1, 0.15) is 59.3 Å². The monoisotopic (exact) mass is 764 g/mol. The molecule has 1 unspecified atom stereocenters. The highest BCUT2D eigenvalue weighted by Gasteiger charge is 2.37. The molecule has 2 aromatic heterocycles. The van der Waals surface area contributed by atoms with Crippen molar-refractivity contribution in [2.45, 2.75) is 78.0 Å². The largest absolute Gasteiger partial charge is 0.493 e. The van der Waals surface area contributed by atoms with Crippen molar-refractivity contribution < 1.29 is 41.2 Å². The number of phosphoric acid groups is 1. The van der Waals surface area contributed by atoms with E-state index in [2.05, 4.69) is 30.9 Å². The number of hydrogen-bond acceptors (Lipinski definition) is 13. The van der Waals surface area contributed by atoms with Crippen molar-refractivity contribution in [1.82, 2.24) is 20.3 Å². The molecule has 2 heterocycles. The van der Waals surface area contributed by atoms with E-state index in [0.29, 0.717) is 50.3 Å². The second-order valence-corrected chi connectivity index (χ2v) is 16.3. The molecule has 13 nitrogen and oxygen atoms in total. The van der Waals surface area contributed by atoms with Crippen molar-refractivity contribution in [2.24, 2.45) is 0 Å². The zero-order chi connectivity index (χ0) is 37.9. The van der Waals surface area contributed by atoms with Crippen LogP contribution in [0, 0.1) is 5.82 Å². The van der Waals surface area contributed by atoms with Crippen LogP contribution in [0.2, 0.25) is 0 Å². The number of aromatic nitrogens is 3. The maximum absolute atomic E-state index is 13.5. The molecule has 0 radical (unpaired) electrons. The van der Waals surface area contributed by atoms with Crippen LogP contribution in [-0.2, 0) is 29.4 Å². The Balaban J connectivity index is 1.34. The number of phosphoric ester groups is 1. The van der Waals surface area contributed by atoms with E-state index in [0.717, 1.165) is 0 Å². The van der Waals surface area contributed by atoms with E-state index < -0.39 is 31.5 Å². The number of amides is 1. The molecule has 1 atom stereocenters. The second-order valence-electron chi connectivity index (χ2n) is 13.7. The van der Waals surface area contributed by atoms with Crippen molar-refractivity contribution in [3.05, 3.63) is 59.6 Å². The van der Waals surface area contributed by atoms with Crippen LogP contribution < -0.4 is 25.4 Å². The predicted molar refractivity (Wildman–Crippen MR) is 198 cm³/mol. The maximum Gasteiger partial charge on any atom is 0.475 e. The number of ether oxygens (including phenoxy) is 2. The van der Waals surface area contributed by atoms with Gasteiger partial charge < -0.3 is 25.4 Å². The van der Waals surface area contributed by atoms with Gasteiger partial charge >= 0.3 is 7.82 Å². The van der Waals surface area contributed by atoms with E-state index in [1.165, 1.54) is 43.0 Å². The summed E-state index contributed by atoms with van der Waals surface area (Å²) < 4.78 is 68.8. The topological polar surface area (TPSA) is 155 Å². The first-order valence-electron chi connectivity index (χ1n) is 16.7. The lowest BCUT2D eigenvalue weighted by Gasteiger charge is -2.31. The SMILES string of the molecule is COc1cc2c(Nc3ncc(CC(=O)Nc4cccc(F)c4)s3)ncnc2cc1OCCC(CCF)NCCOP(=O)(OC(C)(C)C)OC(C)(C)C. The van der Waals surface area contributed by atoms with E-state index in [1.807, 2.05) is 0 Å².